The number of carbonyl (C=O) groups excluding carboxylic acids is 2. The molecule has 5 heteroatoms. The lowest BCUT2D eigenvalue weighted by molar-refractivity contribution is 0.0474. The molecule has 26 heavy (non-hydrogen) atoms. The second-order valence-electron chi connectivity index (χ2n) is 6.47. The fourth-order valence-corrected chi connectivity index (χ4v) is 3.29. The molecule has 0 radical (unpaired) electrons. The lowest BCUT2D eigenvalue weighted by Crippen LogP contribution is -2.15. The minimum absolute atomic E-state index is 0.216. The van der Waals surface area contributed by atoms with E-state index >= 15 is 0 Å². The first-order chi connectivity index (χ1) is 12.5. The van der Waals surface area contributed by atoms with Gasteiger partial charge in [-0.25, -0.2) is 4.79 Å². The van der Waals surface area contributed by atoms with Crippen LogP contribution in [-0.2, 0) is 18.2 Å². The number of Topliss-reactive ketones (excluding diaryl/α,β-unsaturated/α-hetero) is 1. The summed E-state index contributed by atoms with van der Waals surface area (Å²) in [6.45, 7) is 1.50. The van der Waals surface area contributed by atoms with Crippen molar-refractivity contribution in [2.24, 2.45) is 7.05 Å². The molecule has 1 aromatic heterocycles. The first kappa shape index (κ1) is 16.3. The largest absolute Gasteiger partial charge is 0.454 e. The highest BCUT2D eigenvalue weighted by molar-refractivity contribution is 6.00. The van der Waals surface area contributed by atoms with Gasteiger partial charge >= 0.3 is 5.97 Å². The smallest absolute Gasteiger partial charge is 0.342 e. The van der Waals surface area contributed by atoms with Gasteiger partial charge in [0.25, 0.3) is 0 Å². The van der Waals surface area contributed by atoms with Crippen LogP contribution in [0, 0.1) is 6.92 Å². The summed E-state index contributed by atoms with van der Waals surface area (Å²) in [4.78, 5) is 24.6. The molecule has 0 unspecified atom stereocenters. The molecule has 5 nitrogen and oxygen atoms in total. The van der Waals surface area contributed by atoms with Gasteiger partial charge in [0.15, 0.2) is 12.4 Å². The van der Waals surface area contributed by atoms with E-state index in [1.807, 2.05) is 24.3 Å². The molecule has 0 atom stereocenters. The van der Waals surface area contributed by atoms with Crippen molar-refractivity contribution in [2.75, 3.05) is 6.61 Å². The minimum Gasteiger partial charge on any atom is -0.454 e. The van der Waals surface area contributed by atoms with Crippen molar-refractivity contribution >= 4 is 11.8 Å². The number of benzene rings is 2. The van der Waals surface area contributed by atoms with Crippen LogP contribution in [0.2, 0.25) is 0 Å². The monoisotopic (exact) mass is 346 g/mol. The standard InChI is InChI=1S/C21H18N2O3/c1-13-19(11-22-23(13)2)21(25)26-12-20(24)16-8-7-15-9-14-5-3-4-6-17(14)18(15)10-16/h3-8,10-11H,9,12H2,1-2H3. The molecule has 130 valence electrons. The molecule has 0 spiro atoms. The van der Waals surface area contributed by atoms with Gasteiger partial charge in [0.05, 0.1) is 6.20 Å². The summed E-state index contributed by atoms with van der Waals surface area (Å²) in [5.74, 6) is -0.748. The highest BCUT2D eigenvalue weighted by Crippen LogP contribution is 2.36. The van der Waals surface area contributed by atoms with E-state index in [2.05, 4.69) is 17.2 Å². The summed E-state index contributed by atoms with van der Waals surface area (Å²) < 4.78 is 6.78. The van der Waals surface area contributed by atoms with Crippen molar-refractivity contribution < 1.29 is 14.3 Å². The van der Waals surface area contributed by atoms with E-state index in [0.29, 0.717) is 16.8 Å². The number of nitrogens with zero attached hydrogens (tertiary/aromatic N) is 2. The second kappa shape index (κ2) is 6.26. The van der Waals surface area contributed by atoms with E-state index in [1.54, 1.807) is 24.7 Å². The van der Waals surface area contributed by atoms with Crippen molar-refractivity contribution in [3.05, 3.63) is 76.6 Å². The Morgan fingerprint density at radius 2 is 1.88 bits per heavy atom. The van der Waals surface area contributed by atoms with E-state index in [9.17, 15) is 9.59 Å². The molecule has 1 aliphatic carbocycles. The number of rotatable bonds is 4. The number of aryl methyl sites for hydroxylation is 1. The SMILES string of the molecule is Cc1c(C(=O)OCC(=O)c2ccc3c(c2)-c2ccccc2C3)cnn1C. The van der Waals surface area contributed by atoms with Gasteiger partial charge in [0.2, 0.25) is 0 Å². The van der Waals surface area contributed by atoms with Crippen LogP contribution in [0.4, 0.5) is 0 Å². The van der Waals surface area contributed by atoms with Crippen LogP contribution >= 0.6 is 0 Å². The van der Waals surface area contributed by atoms with Crippen molar-refractivity contribution in [3.8, 4) is 11.1 Å². The summed E-state index contributed by atoms with van der Waals surface area (Å²) in [6.07, 6.45) is 2.34. The molecule has 1 aliphatic rings. The summed E-state index contributed by atoms with van der Waals surface area (Å²) in [7, 11) is 1.75. The average molecular weight is 346 g/mol. The minimum atomic E-state index is -0.532. The summed E-state index contributed by atoms with van der Waals surface area (Å²) in [6, 6.07) is 13.9. The number of hydrogen-bond acceptors (Lipinski definition) is 4. The number of hydrogen-bond donors (Lipinski definition) is 0. The molecule has 0 bridgehead atoms. The molecule has 4 rings (SSSR count). The van der Waals surface area contributed by atoms with Crippen molar-refractivity contribution in [2.45, 2.75) is 13.3 Å². The third-order valence-corrected chi connectivity index (χ3v) is 4.91. The molecule has 2 aromatic carbocycles. The zero-order valence-electron chi connectivity index (χ0n) is 14.7. The van der Waals surface area contributed by atoms with Gasteiger partial charge in [-0.05, 0) is 41.7 Å². The Kier molecular flexibility index (Phi) is 3.92. The molecule has 0 fully saturated rings. The highest BCUT2D eigenvalue weighted by atomic mass is 16.5. The molecular weight excluding hydrogens is 328 g/mol. The number of aromatic nitrogens is 2. The Morgan fingerprint density at radius 3 is 2.65 bits per heavy atom. The molecule has 0 N–H and O–H groups in total. The van der Waals surface area contributed by atoms with Crippen molar-refractivity contribution in [1.29, 1.82) is 0 Å². The maximum atomic E-state index is 12.5. The zero-order chi connectivity index (χ0) is 18.3. The Labute approximate surface area is 151 Å². The normalized spacial score (nSPS) is 11.8. The molecule has 0 amide bonds. The number of fused-ring (bicyclic) bond motifs is 3. The first-order valence-electron chi connectivity index (χ1n) is 8.44. The van der Waals surface area contributed by atoms with Crippen LogP contribution in [0.25, 0.3) is 11.1 Å². The molecule has 1 heterocycles. The quantitative estimate of drug-likeness (QED) is 0.420. The van der Waals surface area contributed by atoms with E-state index in [4.69, 9.17) is 4.74 Å². The maximum Gasteiger partial charge on any atom is 0.342 e. The van der Waals surface area contributed by atoms with Crippen LogP contribution in [0.5, 0.6) is 0 Å². The summed E-state index contributed by atoms with van der Waals surface area (Å²) in [5, 5.41) is 4.01. The lowest BCUT2D eigenvalue weighted by Gasteiger charge is -2.07. The first-order valence-corrected chi connectivity index (χ1v) is 8.44. The second-order valence-corrected chi connectivity index (χ2v) is 6.47. The Balaban J connectivity index is 1.50. The van der Waals surface area contributed by atoms with E-state index in [0.717, 1.165) is 12.0 Å². The topological polar surface area (TPSA) is 61.2 Å². The average Bonchev–Trinajstić information content (AvgIpc) is 3.19. The Morgan fingerprint density at radius 1 is 1.12 bits per heavy atom. The van der Waals surface area contributed by atoms with E-state index < -0.39 is 5.97 Å². The third kappa shape index (κ3) is 2.71. The predicted octanol–water partition coefficient (Wildman–Crippen LogP) is 3.34. The van der Waals surface area contributed by atoms with E-state index in [1.165, 1.54) is 22.9 Å². The van der Waals surface area contributed by atoms with Crippen LogP contribution in [0.1, 0.15) is 37.5 Å². The van der Waals surface area contributed by atoms with Crippen molar-refractivity contribution in [1.82, 2.24) is 9.78 Å². The number of ketones is 1. The van der Waals surface area contributed by atoms with E-state index in [-0.39, 0.29) is 12.4 Å². The van der Waals surface area contributed by atoms with Crippen LogP contribution in [-0.4, -0.2) is 28.1 Å². The Hall–Kier alpha value is -3.21. The van der Waals surface area contributed by atoms with Gasteiger partial charge in [-0.1, -0.05) is 36.4 Å². The number of esters is 1. The van der Waals surface area contributed by atoms with Gasteiger partial charge in [-0.3, -0.25) is 9.48 Å². The summed E-state index contributed by atoms with van der Waals surface area (Å²) >= 11 is 0. The molecule has 0 saturated heterocycles. The Bertz CT molecular complexity index is 1030. The van der Waals surface area contributed by atoms with Gasteiger partial charge in [-0.15, -0.1) is 0 Å². The number of carbonyl (C=O) groups is 2. The molecule has 0 saturated carbocycles. The van der Waals surface area contributed by atoms with Crippen LogP contribution in [0.15, 0.2) is 48.7 Å². The van der Waals surface area contributed by atoms with Crippen LogP contribution < -0.4 is 0 Å². The third-order valence-electron chi connectivity index (χ3n) is 4.91. The highest BCUT2D eigenvalue weighted by Gasteiger charge is 2.21. The fraction of sp³-hybridized carbons (Fsp3) is 0.190. The van der Waals surface area contributed by atoms with Gasteiger partial charge in [-0.2, -0.15) is 5.10 Å². The maximum absolute atomic E-state index is 12.5. The molecular formula is C21H18N2O3. The van der Waals surface area contributed by atoms with Crippen LogP contribution in [0.3, 0.4) is 0 Å². The lowest BCUT2D eigenvalue weighted by atomic mass is 10.0. The van der Waals surface area contributed by atoms with Gasteiger partial charge < -0.3 is 4.74 Å². The number of ether oxygens (including phenoxy) is 1. The molecule has 0 aliphatic heterocycles. The fourth-order valence-electron chi connectivity index (χ4n) is 3.29. The van der Waals surface area contributed by atoms with Crippen molar-refractivity contribution in [3.63, 3.8) is 0 Å². The zero-order valence-corrected chi connectivity index (χ0v) is 14.7. The van der Waals surface area contributed by atoms with Gasteiger partial charge in [0.1, 0.15) is 5.56 Å². The summed E-state index contributed by atoms with van der Waals surface area (Å²) in [5.41, 5.74) is 6.37. The van der Waals surface area contributed by atoms with Gasteiger partial charge in [0, 0.05) is 18.3 Å². The molecule has 3 aromatic rings. The predicted molar refractivity (Wildman–Crippen MR) is 97.2 cm³/mol.